The Hall–Kier alpha value is -1.96. The van der Waals surface area contributed by atoms with Gasteiger partial charge in [-0.15, -0.1) is 0 Å². The van der Waals surface area contributed by atoms with Crippen molar-refractivity contribution < 1.29 is 19.6 Å². The Morgan fingerprint density at radius 1 is 1.38 bits per heavy atom. The number of amides is 1. The molecule has 0 saturated heterocycles. The maximum Gasteiger partial charge on any atom is 0.308 e. The SMILES string of the molecule is O=C(NC1CCCC1C(=O)O)c1ccc(Br)c([N+](=O)[O-])c1. The van der Waals surface area contributed by atoms with Gasteiger partial charge in [-0.1, -0.05) is 6.42 Å². The molecule has 7 nitrogen and oxygen atoms in total. The highest BCUT2D eigenvalue weighted by Crippen LogP contribution is 2.28. The topological polar surface area (TPSA) is 110 Å². The van der Waals surface area contributed by atoms with Crippen LogP contribution in [-0.4, -0.2) is 27.9 Å². The van der Waals surface area contributed by atoms with E-state index < -0.39 is 28.8 Å². The summed E-state index contributed by atoms with van der Waals surface area (Å²) in [7, 11) is 0. The van der Waals surface area contributed by atoms with E-state index in [1.165, 1.54) is 18.2 Å². The fourth-order valence-corrected chi connectivity index (χ4v) is 2.87. The molecule has 1 fully saturated rings. The summed E-state index contributed by atoms with van der Waals surface area (Å²) in [6.07, 6.45) is 1.87. The molecule has 1 aromatic carbocycles. The molecule has 2 unspecified atom stereocenters. The summed E-state index contributed by atoms with van der Waals surface area (Å²) in [5.74, 6) is -2.03. The lowest BCUT2D eigenvalue weighted by atomic mass is 10.0. The normalized spacial score (nSPS) is 21.0. The van der Waals surface area contributed by atoms with Gasteiger partial charge in [-0.2, -0.15) is 0 Å². The minimum absolute atomic E-state index is 0.140. The van der Waals surface area contributed by atoms with Gasteiger partial charge in [-0.3, -0.25) is 19.7 Å². The number of carboxylic acids is 1. The Balaban J connectivity index is 2.15. The highest BCUT2D eigenvalue weighted by molar-refractivity contribution is 9.10. The number of halogens is 1. The number of nitrogens with one attached hydrogen (secondary N) is 1. The first-order chi connectivity index (χ1) is 9.90. The minimum Gasteiger partial charge on any atom is -0.481 e. The van der Waals surface area contributed by atoms with Crippen LogP contribution in [-0.2, 0) is 4.79 Å². The lowest BCUT2D eigenvalue weighted by molar-refractivity contribution is -0.385. The maximum absolute atomic E-state index is 12.1. The predicted octanol–water partition coefficient (Wildman–Crippen LogP) is 2.34. The summed E-state index contributed by atoms with van der Waals surface area (Å²) < 4.78 is 0.285. The van der Waals surface area contributed by atoms with Gasteiger partial charge < -0.3 is 10.4 Å². The van der Waals surface area contributed by atoms with E-state index in [0.29, 0.717) is 12.8 Å². The average Bonchev–Trinajstić information content (AvgIpc) is 2.87. The van der Waals surface area contributed by atoms with Crippen molar-refractivity contribution in [1.29, 1.82) is 0 Å². The second-order valence-corrected chi connectivity index (χ2v) is 5.73. The summed E-state index contributed by atoms with van der Waals surface area (Å²) in [5, 5.41) is 22.6. The lowest BCUT2D eigenvalue weighted by Crippen LogP contribution is -2.40. The molecule has 1 saturated carbocycles. The zero-order valence-corrected chi connectivity index (χ0v) is 12.5. The van der Waals surface area contributed by atoms with Crippen LogP contribution in [0.3, 0.4) is 0 Å². The fourth-order valence-electron chi connectivity index (χ4n) is 2.47. The van der Waals surface area contributed by atoms with E-state index in [9.17, 15) is 19.7 Å². The third-order valence-corrected chi connectivity index (χ3v) is 4.23. The van der Waals surface area contributed by atoms with Crippen molar-refractivity contribution in [2.45, 2.75) is 25.3 Å². The zero-order valence-electron chi connectivity index (χ0n) is 10.9. The van der Waals surface area contributed by atoms with Gasteiger partial charge in [-0.25, -0.2) is 0 Å². The monoisotopic (exact) mass is 356 g/mol. The number of benzene rings is 1. The van der Waals surface area contributed by atoms with Crippen LogP contribution in [0.4, 0.5) is 5.69 Å². The molecule has 112 valence electrons. The van der Waals surface area contributed by atoms with Crippen LogP contribution in [0, 0.1) is 16.0 Å². The third-order valence-electron chi connectivity index (χ3n) is 3.55. The van der Waals surface area contributed by atoms with Crippen LogP contribution in [0.5, 0.6) is 0 Å². The van der Waals surface area contributed by atoms with E-state index in [2.05, 4.69) is 21.2 Å². The smallest absolute Gasteiger partial charge is 0.308 e. The van der Waals surface area contributed by atoms with Crippen molar-refractivity contribution >= 4 is 33.5 Å². The van der Waals surface area contributed by atoms with Crippen molar-refractivity contribution in [2.24, 2.45) is 5.92 Å². The first kappa shape index (κ1) is 15.4. The first-order valence-corrected chi connectivity index (χ1v) is 7.17. The second kappa shape index (κ2) is 6.21. The van der Waals surface area contributed by atoms with Crippen LogP contribution >= 0.6 is 15.9 Å². The molecule has 1 aliphatic carbocycles. The molecule has 0 radical (unpaired) electrons. The highest BCUT2D eigenvalue weighted by atomic mass is 79.9. The first-order valence-electron chi connectivity index (χ1n) is 6.37. The number of carbonyl (C=O) groups is 2. The number of hydrogen-bond donors (Lipinski definition) is 2. The lowest BCUT2D eigenvalue weighted by Gasteiger charge is -2.17. The van der Waals surface area contributed by atoms with E-state index in [0.717, 1.165) is 6.42 Å². The van der Waals surface area contributed by atoms with E-state index in [4.69, 9.17) is 5.11 Å². The number of nitro benzene ring substituents is 1. The molecule has 1 aromatic rings. The number of nitro groups is 1. The fraction of sp³-hybridized carbons (Fsp3) is 0.385. The van der Waals surface area contributed by atoms with E-state index in [1.807, 2.05) is 0 Å². The molecule has 0 aliphatic heterocycles. The van der Waals surface area contributed by atoms with Crippen molar-refractivity contribution in [1.82, 2.24) is 5.32 Å². The van der Waals surface area contributed by atoms with Gasteiger partial charge in [0.2, 0.25) is 0 Å². The second-order valence-electron chi connectivity index (χ2n) is 4.88. The minimum atomic E-state index is -0.931. The van der Waals surface area contributed by atoms with Gasteiger partial charge >= 0.3 is 5.97 Å². The quantitative estimate of drug-likeness (QED) is 0.635. The molecule has 21 heavy (non-hydrogen) atoms. The predicted molar refractivity (Wildman–Crippen MR) is 77.0 cm³/mol. The number of carbonyl (C=O) groups excluding carboxylic acids is 1. The van der Waals surface area contributed by atoms with Gasteiger partial charge in [0.05, 0.1) is 15.3 Å². The van der Waals surface area contributed by atoms with Crippen molar-refractivity contribution in [3.05, 3.63) is 38.3 Å². The number of nitrogens with zero attached hydrogens (tertiary/aromatic N) is 1. The summed E-state index contributed by atoms with van der Waals surface area (Å²) in [5.41, 5.74) is -0.0650. The van der Waals surface area contributed by atoms with Crippen LogP contribution in [0.1, 0.15) is 29.6 Å². The molecule has 0 bridgehead atoms. The average molecular weight is 357 g/mol. The Morgan fingerprint density at radius 3 is 2.71 bits per heavy atom. The van der Waals surface area contributed by atoms with Gasteiger partial charge in [0.15, 0.2) is 0 Å². The van der Waals surface area contributed by atoms with E-state index in [1.54, 1.807) is 0 Å². The highest BCUT2D eigenvalue weighted by Gasteiger charge is 2.34. The number of aliphatic carboxylic acids is 1. The van der Waals surface area contributed by atoms with Crippen molar-refractivity contribution in [3.63, 3.8) is 0 Å². The molecule has 2 atom stereocenters. The summed E-state index contributed by atoms with van der Waals surface area (Å²) >= 11 is 3.05. The molecule has 1 amide bonds. The van der Waals surface area contributed by atoms with E-state index >= 15 is 0 Å². The van der Waals surface area contributed by atoms with Crippen LogP contribution in [0.25, 0.3) is 0 Å². The molecule has 1 aliphatic rings. The van der Waals surface area contributed by atoms with Gasteiger partial charge in [0.1, 0.15) is 0 Å². The summed E-state index contributed by atoms with van der Waals surface area (Å²) in [6, 6.07) is 3.62. The molecular weight excluding hydrogens is 344 g/mol. The van der Waals surface area contributed by atoms with Crippen molar-refractivity contribution in [2.75, 3.05) is 0 Å². The molecule has 0 aromatic heterocycles. The number of carboxylic acid groups (broad SMARTS) is 1. The Kier molecular flexibility index (Phi) is 4.56. The van der Waals surface area contributed by atoms with Crippen LogP contribution < -0.4 is 5.32 Å². The number of rotatable bonds is 4. The Labute approximate surface area is 128 Å². The molecular formula is C13H13BrN2O5. The Morgan fingerprint density at radius 2 is 2.10 bits per heavy atom. The third kappa shape index (κ3) is 3.38. The molecule has 2 rings (SSSR count). The molecule has 0 heterocycles. The van der Waals surface area contributed by atoms with Gasteiger partial charge in [0, 0.05) is 17.7 Å². The molecule has 2 N–H and O–H groups in total. The number of hydrogen-bond acceptors (Lipinski definition) is 4. The zero-order chi connectivity index (χ0) is 15.6. The van der Waals surface area contributed by atoms with Gasteiger partial charge in [-0.05, 0) is 40.9 Å². The van der Waals surface area contributed by atoms with Crippen LogP contribution in [0.15, 0.2) is 22.7 Å². The Bertz CT molecular complexity index is 604. The van der Waals surface area contributed by atoms with E-state index in [-0.39, 0.29) is 15.7 Å². The molecule has 0 spiro atoms. The van der Waals surface area contributed by atoms with Gasteiger partial charge in [0.25, 0.3) is 11.6 Å². The van der Waals surface area contributed by atoms with Crippen molar-refractivity contribution in [3.8, 4) is 0 Å². The standard InChI is InChI=1S/C13H13BrN2O5/c14-9-5-4-7(6-11(9)16(20)21)12(17)15-10-3-1-2-8(10)13(18)19/h4-6,8,10H,1-3H2,(H,15,17)(H,18,19). The van der Waals surface area contributed by atoms with Crippen LogP contribution in [0.2, 0.25) is 0 Å². The summed E-state index contributed by atoms with van der Waals surface area (Å²) in [4.78, 5) is 33.4. The largest absolute Gasteiger partial charge is 0.481 e. The molecule has 8 heteroatoms. The maximum atomic E-state index is 12.1. The summed E-state index contributed by atoms with van der Waals surface area (Å²) in [6.45, 7) is 0.